The number of rotatable bonds is 4. The molecule has 0 saturated carbocycles. The van der Waals surface area contributed by atoms with Crippen LogP contribution in [0.4, 0.5) is 23.4 Å². The minimum absolute atomic E-state index is 0.0161. The van der Waals surface area contributed by atoms with Gasteiger partial charge in [-0.2, -0.15) is 13.2 Å². The van der Waals surface area contributed by atoms with Crippen molar-refractivity contribution in [3.8, 4) is 11.6 Å². The normalized spacial score (nSPS) is 11.5. The number of imidazole rings is 1. The molecular formula is C20H13F4N5O2. The number of alkyl halides is 3. The molecule has 4 aromatic rings. The highest BCUT2D eigenvalue weighted by Gasteiger charge is 2.38. The maximum atomic E-state index is 13.6. The predicted molar refractivity (Wildman–Crippen MR) is 103 cm³/mol. The van der Waals surface area contributed by atoms with Gasteiger partial charge in [0.05, 0.1) is 30.5 Å². The van der Waals surface area contributed by atoms with E-state index in [2.05, 4.69) is 20.3 Å². The summed E-state index contributed by atoms with van der Waals surface area (Å²) in [5.41, 5.74) is 0.274. The van der Waals surface area contributed by atoms with Crippen LogP contribution in [0, 0.1) is 5.82 Å². The zero-order chi connectivity index (χ0) is 22.2. The summed E-state index contributed by atoms with van der Waals surface area (Å²) in [5, 5.41) is 2.41. The van der Waals surface area contributed by atoms with E-state index in [4.69, 9.17) is 4.74 Å². The van der Waals surface area contributed by atoms with Crippen molar-refractivity contribution >= 4 is 22.8 Å². The molecule has 0 atom stereocenters. The number of nitrogens with zero attached hydrogens (tertiary/aromatic N) is 4. The van der Waals surface area contributed by atoms with Gasteiger partial charge in [-0.1, -0.05) is 6.07 Å². The number of nitrogens with one attached hydrogen (secondary N) is 1. The van der Waals surface area contributed by atoms with Gasteiger partial charge in [-0.3, -0.25) is 9.36 Å². The van der Waals surface area contributed by atoms with Crippen LogP contribution in [0.2, 0.25) is 0 Å². The van der Waals surface area contributed by atoms with Crippen LogP contribution >= 0.6 is 0 Å². The van der Waals surface area contributed by atoms with E-state index in [1.807, 2.05) is 0 Å². The van der Waals surface area contributed by atoms with E-state index in [1.165, 1.54) is 43.5 Å². The Morgan fingerprint density at radius 3 is 2.55 bits per heavy atom. The van der Waals surface area contributed by atoms with Crippen molar-refractivity contribution in [1.82, 2.24) is 19.5 Å². The molecule has 0 radical (unpaired) electrons. The number of aromatic nitrogens is 4. The number of fused-ring (bicyclic) bond motifs is 1. The van der Waals surface area contributed by atoms with Crippen molar-refractivity contribution < 1.29 is 27.1 Å². The van der Waals surface area contributed by atoms with Crippen LogP contribution in [-0.2, 0) is 6.18 Å². The number of halogens is 4. The summed E-state index contributed by atoms with van der Waals surface area (Å²) in [5.74, 6) is -2.22. The fourth-order valence-corrected chi connectivity index (χ4v) is 2.93. The monoisotopic (exact) mass is 431 g/mol. The summed E-state index contributed by atoms with van der Waals surface area (Å²) in [6.07, 6.45) is -2.58. The van der Waals surface area contributed by atoms with Gasteiger partial charge < -0.3 is 10.1 Å². The lowest BCUT2D eigenvalue weighted by Crippen LogP contribution is -2.16. The van der Waals surface area contributed by atoms with Gasteiger partial charge in [0.25, 0.3) is 5.91 Å². The van der Waals surface area contributed by atoms with Gasteiger partial charge in [0.2, 0.25) is 5.82 Å². The number of ether oxygens (including phenoxy) is 1. The van der Waals surface area contributed by atoms with E-state index in [9.17, 15) is 22.4 Å². The number of amides is 1. The summed E-state index contributed by atoms with van der Waals surface area (Å²) in [4.78, 5) is 23.8. The molecule has 2 heterocycles. The Balaban J connectivity index is 1.69. The molecule has 2 aromatic carbocycles. The number of hydrogen-bond acceptors (Lipinski definition) is 5. The maximum absolute atomic E-state index is 13.6. The number of hydrogen-bond donors (Lipinski definition) is 1. The standard InChI is InChI=1S/C20H13F4N5O2/c1-31-13-5-6-15-14(8-13)27-19(20(22,23)24)29(15)17-10-25-16(9-26-17)28-18(30)11-3-2-4-12(21)7-11/h2-10H,1H3,(H,25,28,30). The fourth-order valence-electron chi connectivity index (χ4n) is 2.93. The Morgan fingerprint density at radius 2 is 1.90 bits per heavy atom. The molecule has 0 spiro atoms. The first-order chi connectivity index (χ1) is 14.8. The molecule has 1 amide bonds. The Hall–Kier alpha value is -4.02. The van der Waals surface area contributed by atoms with Crippen LogP contribution in [0.15, 0.2) is 54.9 Å². The molecular weight excluding hydrogens is 418 g/mol. The van der Waals surface area contributed by atoms with Crippen molar-refractivity contribution in [3.05, 3.63) is 72.1 Å². The highest BCUT2D eigenvalue weighted by molar-refractivity contribution is 6.03. The number of anilines is 1. The highest BCUT2D eigenvalue weighted by atomic mass is 19.4. The van der Waals surface area contributed by atoms with Gasteiger partial charge in [0.1, 0.15) is 11.6 Å². The third-order valence-corrected chi connectivity index (χ3v) is 4.31. The largest absolute Gasteiger partial charge is 0.497 e. The van der Waals surface area contributed by atoms with Gasteiger partial charge in [-0.15, -0.1) is 0 Å². The summed E-state index contributed by atoms with van der Waals surface area (Å²) in [6.45, 7) is 0. The topological polar surface area (TPSA) is 81.9 Å². The summed E-state index contributed by atoms with van der Waals surface area (Å²) in [6, 6.07) is 9.31. The Kier molecular flexibility index (Phi) is 5.01. The van der Waals surface area contributed by atoms with E-state index in [0.717, 1.165) is 23.0 Å². The molecule has 31 heavy (non-hydrogen) atoms. The lowest BCUT2D eigenvalue weighted by Gasteiger charge is -2.11. The summed E-state index contributed by atoms with van der Waals surface area (Å²) in [7, 11) is 1.39. The molecule has 0 unspecified atom stereocenters. The first kappa shape index (κ1) is 20.3. The van der Waals surface area contributed by atoms with Crippen molar-refractivity contribution in [3.63, 3.8) is 0 Å². The Morgan fingerprint density at radius 1 is 1.10 bits per heavy atom. The molecule has 0 aliphatic heterocycles. The van der Waals surface area contributed by atoms with E-state index in [0.29, 0.717) is 5.75 Å². The second kappa shape index (κ2) is 7.67. The summed E-state index contributed by atoms with van der Waals surface area (Å²) < 4.78 is 59.9. The average Bonchev–Trinajstić information content (AvgIpc) is 3.13. The Bertz CT molecular complexity index is 1270. The number of benzene rings is 2. The minimum atomic E-state index is -4.75. The van der Waals surface area contributed by atoms with E-state index >= 15 is 0 Å². The van der Waals surface area contributed by atoms with Gasteiger partial charge in [0, 0.05) is 11.6 Å². The number of carbonyl (C=O) groups excluding carboxylic acids is 1. The van der Waals surface area contributed by atoms with Crippen LogP contribution in [-0.4, -0.2) is 32.5 Å². The second-order valence-corrected chi connectivity index (χ2v) is 6.35. The molecule has 11 heteroatoms. The van der Waals surface area contributed by atoms with Crippen LogP contribution in [0.3, 0.4) is 0 Å². The zero-order valence-corrected chi connectivity index (χ0v) is 15.8. The third-order valence-electron chi connectivity index (χ3n) is 4.31. The van der Waals surface area contributed by atoms with Crippen LogP contribution in [0.5, 0.6) is 5.75 Å². The van der Waals surface area contributed by atoms with Crippen LogP contribution < -0.4 is 10.1 Å². The van der Waals surface area contributed by atoms with E-state index in [1.54, 1.807) is 0 Å². The molecule has 7 nitrogen and oxygen atoms in total. The van der Waals surface area contributed by atoms with Gasteiger partial charge in [-0.25, -0.2) is 19.3 Å². The van der Waals surface area contributed by atoms with Crippen molar-refractivity contribution in [2.24, 2.45) is 0 Å². The lowest BCUT2D eigenvalue weighted by atomic mass is 10.2. The Labute approximate surface area is 172 Å². The molecule has 0 aliphatic carbocycles. The molecule has 2 aromatic heterocycles. The molecule has 158 valence electrons. The highest BCUT2D eigenvalue weighted by Crippen LogP contribution is 2.34. The first-order valence-corrected chi connectivity index (χ1v) is 8.79. The maximum Gasteiger partial charge on any atom is 0.450 e. The third kappa shape index (κ3) is 4.02. The van der Waals surface area contributed by atoms with Crippen molar-refractivity contribution in [2.45, 2.75) is 6.18 Å². The van der Waals surface area contributed by atoms with Crippen LogP contribution in [0.25, 0.3) is 16.9 Å². The van der Waals surface area contributed by atoms with Gasteiger partial charge in [0.15, 0.2) is 11.6 Å². The van der Waals surface area contributed by atoms with Gasteiger partial charge in [-0.05, 0) is 30.3 Å². The molecule has 4 rings (SSSR count). The molecule has 1 N–H and O–H groups in total. The average molecular weight is 431 g/mol. The lowest BCUT2D eigenvalue weighted by molar-refractivity contribution is -0.145. The number of carbonyl (C=O) groups is 1. The molecule has 0 bridgehead atoms. The minimum Gasteiger partial charge on any atom is -0.497 e. The summed E-state index contributed by atoms with van der Waals surface area (Å²) >= 11 is 0. The smallest absolute Gasteiger partial charge is 0.450 e. The zero-order valence-electron chi connectivity index (χ0n) is 15.8. The predicted octanol–water partition coefficient (Wildman–Crippen LogP) is 4.23. The second-order valence-electron chi connectivity index (χ2n) is 6.35. The van der Waals surface area contributed by atoms with Crippen LogP contribution in [0.1, 0.15) is 16.2 Å². The van der Waals surface area contributed by atoms with E-state index < -0.39 is 23.7 Å². The molecule has 0 aliphatic rings. The SMILES string of the molecule is COc1ccc2c(c1)nc(C(F)(F)F)n2-c1cnc(NC(=O)c2cccc(F)c2)cn1. The fraction of sp³-hybridized carbons (Fsp3) is 0.100. The van der Waals surface area contributed by atoms with Gasteiger partial charge >= 0.3 is 6.18 Å². The van der Waals surface area contributed by atoms with E-state index in [-0.39, 0.29) is 28.2 Å². The molecule has 0 fully saturated rings. The first-order valence-electron chi connectivity index (χ1n) is 8.79. The quantitative estimate of drug-likeness (QED) is 0.489. The van der Waals surface area contributed by atoms with Crippen molar-refractivity contribution in [1.29, 1.82) is 0 Å². The van der Waals surface area contributed by atoms with Crippen molar-refractivity contribution in [2.75, 3.05) is 12.4 Å². The number of methoxy groups -OCH3 is 1. The molecule has 0 saturated heterocycles.